The van der Waals surface area contributed by atoms with E-state index < -0.39 is 0 Å². The molecule has 96 valence electrons. The Labute approximate surface area is 114 Å². The minimum atomic E-state index is 0.712. The van der Waals surface area contributed by atoms with Crippen molar-refractivity contribution in [2.24, 2.45) is 0 Å². The first-order valence-corrected chi connectivity index (χ1v) is 8.02. The minimum Gasteiger partial charge on any atom is -0.316 e. The Balaban J connectivity index is 1.44. The molecular formula is C16H21NS. The van der Waals surface area contributed by atoms with Gasteiger partial charge in [-0.15, -0.1) is 11.8 Å². The van der Waals surface area contributed by atoms with Crippen molar-refractivity contribution in [1.82, 2.24) is 5.32 Å². The number of allylic oxidation sites excluding steroid dienone is 1. The molecule has 1 unspecified atom stereocenters. The average Bonchev–Trinajstić information content (AvgIpc) is 3.04. The van der Waals surface area contributed by atoms with E-state index in [9.17, 15) is 0 Å². The van der Waals surface area contributed by atoms with Crippen LogP contribution in [0.15, 0.2) is 40.8 Å². The largest absolute Gasteiger partial charge is 0.316 e. The maximum atomic E-state index is 3.64. The summed E-state index contributed by atoms with van der Waals surface area (Å²) in [7, 11) is 0. The summed E-state index contributed by atoms with van der Waals surface area (Å²) in [4.78, 5) is 1.49. The Kier molecular flexibility index (Phi) is 4.06. The third-order valence-corrected chi connectivity index (χ3v) is 5.20. The summed E-state index contributed by atoms with van der Waals surface area (Å²) < 4.78 is 0. The summed E-state index contributed by atoms with van der Waals surface area (Å²) in [5.41, 5.74) is 3.22. The van der Waals surface area contributed by atoms with E-state index in [2.05, 4.69) is 35.7 Å². The molecule has 0 saturated heterocycles. The van der Waals surface area contributed by atoms with Gasteiger partial charge in [0.2, 0.25) is 0 Å². The molecule has 1 atom stereocenters. The lowest BCUT2D eigenvalue weighted by atomic mass is 10.0. The van der Waals surface area contributed by atoms with Crippen LogP contribution in [0.1, 0.15) is 37.2 Å². The van der Waals surface area contributed by atoms with E-state index in [1.807, 2.05) is 11.8 Å². The van der Waals surface area contributed by atoms with Gasteiger partial charge in [-0.05, 0) is 43.9 Å². The number of hydrogen-bond acceptors (Lipinski definition) is 2. The summed E-state index contributed by atoms with van der Waals surface area (Å²) in [6, 6.07) is 8.86. The predicted octanol–water partition coefficient (Wildman–Crippen LogP) is 3.97. The van der Waals surface area contributed by atoms with Crippen LogP contribution in [0.3, 0.4) is 0 Å². The molecular weight excluding hydrogens is 238 g/mol. The summed E-state index contributed by atoms with van der Waals surface area (Å²) >= 11 is 2.01. The number of hydrogen-bond donors (Lipinski definition) is 1. The summed E-state index contributed by atoms with van der Waals surface area (Å²) in [5, 5.41) is 3.64. The third-order valence-electron chi connectivity index (χ3n) is 3.95. The van der Waals surface area contributed by atoms with E-state index in [1.165, 1.54) is 36.3 Å². The average molecular weight is 259 g/mol. The molecule has 0 radical (unpaired) electrons. The Morgan fingerprint density at radius 2 is 2.22 bits per heavy atom. The van der Waals surface area contributed by atoms with E-state index in [1.54, 1.807) is 11.1 Å². The molecule has 1 N–H and O–H groups in total. The molecule has 1 nitrogen and oxygen atoms in total. The van der Waals surface area contributed by atoms with Gasteiger partial charge in [-0.1, -0.05) is 29.8 Å². The fourth-order valence-corrected chi connectivity index (χ4v) is 4.14. The van der Waals surface area contributed by atoms with Gasteiger partial charge in [0.05, 0.1) is 0 Å². The van der Waals surface area contributed by atoms with Gasteiger partial charge in [0.15, 0.2) is 0 Å². The number of thioether (sulfide) groups is 1. The van der Waals surface area contributed by atoms with E-state index >= 15 is 0 Å². The first-order valence-electron chi connectivity index (χ1n) is 7.04. The highest BCUT2D eigenvalue weighted by Crippen LogP contribution is 2.38. The van der Waals surface area contributed by atoms with Gasteiger partial charge in [0.1, 0.15) is 0 Å². The lowest BCUT2D eigenvalue weighted by Crippen LogP contribution is -2.22. The van der Waals surface area contributed by atoms with Crippen LogP contribution >= 0.6 is 11.8 Å². The SMILES string of the molecule is C1=C(CCNCC2CSc3ccccc32)CCC1. The number of rotatable bonds is 5. The molecule has 3 rings (SSSR count). The van der Waals surface area contributed by atoms with Gasteiger partial charge >= 0.3 is 0 Å². The first kappa shape index (κ1) is 12.3. The van der Waals surface area contributed by atoms with Crippen molar-refractivity contribution in [3.63, 3.8) is 0 Å². The Morgan fingerprint density at radius 3 is 3.11 bits per heavy atom. The second kappa shape index (κ2) is 5.94. The van der Waals surface area contributed by atoms with Gasteiger partial charge in [-0.3, -0.25) is 0 Å². The molecule has 1 aliphatic heterocycles. The molecule has 0 bridgehead atoms. The van der Waals surface area contributed by atoms with E-state index in [4.69, 9.17) is 0 Å². The topological polar surface area (TPSA) is 12.0 Å². The van der Waals surface area contributed by atoms with Crippen molar-refractivity contribution < 1.29 is 0 Å². The van der Waals surface area contributed by atoms with Gasteiger partial charge in [0, 0.05) is 23.1 Å². The first-order chi connectivity index (χ1) is 8.93. The highest BCUT2D eigenvalue weighted by molar-refractivity contribution is 7.99. The van der Waals surface area contributed by atoms with Gasteiger partial charge in [-0.2, -0.15) is 0 Å². The van der Waals surface area contributed by atoms with Gasteiger partial charge < -0.3 is 5.32 Å². The molecule has 0 fully saturated rings. The third kappa shape index (κ3) is 2.81. The number of fused-ring (bicyclic) bond motifs is 1. The highest BCUT2D eigenvalue weighted by Gasteiger charge is 2.21. The normalized spacial score (nSPS) is 22.0. The summed E-state index contributed by atoms with van der Waals surface area (Å²) in [6.07, 6.45) is 7.71. The molecule has 2 aliphatic rings. The molecule has 18 heavy (non-hydrogen) atoms. The van der Waals surface area contributed by atoms with Crippen molar-refractivity contribution in [1.29, 1.82) is 0 Å². The number of benzene rings is 1. The monoisotopic (exact) mass is 259 g/mol. The lowest BCUT2D eigenvalue weighted by molar-refractivity contribution is 0.616. The fraction of sp³-hybridized carbons (Fsp3) is 0.500. The zero-order chi connectivity index (χ0) is 12.2. The molecule has 1 aromatic rings. The Bertz CT molecular complexity index is 438. The molecule has 1 aromatic carbocycles. The molecule has 0 amide bonds. The standard InChI is InChI=1S/C16H21NS/c1-2-6-13(5-1)9-10-17-11-14-12-18-16-8-4-3-7-15(14)16/h3-5,7-8,14,17H,1-2,6,9-12H2. The highest BCUT2D eigenvalue weighted by atomic mass is 32.2. The second-order valence-electron chi connectivity index (χ2n) is 5.25. The van der Waals surface area contributed by atoms with Gasteiger partial charge in [-0.25, -0.2) is 0 Å². The van der Waals surface area contributed by atoms with Crippen LogP contribution in [0.25, 0.3) is 0 Å². The zero-order valence-corrected chi connectivity index (χ0v) is 11.6. The quantitative estimate of drug-likeness (QED) is 0.634. The van der Waals surface area contributed by atoms with Crippen LogP contribution < -0.4 is 5.32 Å². The van der Waals surface area contributed by atoms with Crippen LogP contribution in [0.5, 0.6) is 0 Å². The van der Waals surface area contributed by atoms with Crippen LogP contribution in [0.4, 0.5) is 0 Å². The van der Waals surface area contributed by atoms with E-state index in [0.717, 1.165) is 13.1 Å². The molecule has 0 saturated carbocycles. The minimum absolute atomic E-state index is 0.712. The number of nitrogens with one attached hydrogen (secondary N) is 1. The van der Waals surface area contributed by atoms with Crippen molar-refractivity contribution in [2.75, 3.05) is 18.8 Å². The Hall–Kier alpha value is -0.730. The van der Waals surface area contributed by atoms with Crippen LogP contribution in [-0.2, 0) is 0 Å². The van der Waals surface area contributed by atoms with Crippen molar-refractivity contribution in [2.45, 2.75) is 36.5 Å². The van der Waals surface area contributed by atoms with Crippen LogP contribution in [-0.4, -0.2) is 18.8 Å². The fourth-order valence-electron chi connectivity index (χ4n) is 2.89. The predicted molar refractivity (Wildman–Crippen MR) is 79.3 cm³/mol. The van der Waals surface area contributed by atoms with Crippen molar-refractivity contribution in [3.05, 3.63) is 41.5 Å². The molecule has 2 heteroatoms. The smallest absolute Gasteiger partial charge is 0.0108 e. The maximum absolute atomic E-state index is 3.64. The zero-order valence-electron chi connectivity index (χ0n) is 10.8. The van der Waals surface area contributed by atoms with Crippen molar-refractivity contribution in [3.8, 4) is 0 Å². The molecule has 0 spiro atoms. The molecule has 0 aromatic heterocycles. The summed E-state index contributed by atoms with van der Waals surface area (Å²) in [5.74, 6) is 1.96. The lowest BCUT2D eigenvalue weighted by Gasteiger charge is -2.12. The second-order valence-corrected chi connectivity index (χ2v) is 6.32. The van der Waals surface area contributed by atoms with Gasteiger partial charge in [0.25, 0.3) is 0 Å². The van der Waals surface area contributed by atoms with Crippen LogP contribution in [0, 0.1) is 0 Å². The van der Waals surface area contributed by atoms with E-state index in [-0.39, 0.29) is 0 Å². The molecule has 1 aliphatic carbocycles. The van der Waals surface area contributed by atoms with Crippen molar-refractivity contribution >= 4 is 11.8 Å². The van der Waals surface area contributed by atoms with Crippen LogP contribution in [0.2, 0.25) is 0 Å². The Morgan fingerprint density at radius 1 is 1.28 bits per heavy atom. The maximum Gasteiger partial charge on any atom is 0.0108 e. The summed E-state index contributed by atoms with van der Waals surface area (Å²) in [6.45, 7) is 2.28. The molecule has 1 heterocycles. The van der Waals surface area contributed by atoms with E-state index in [0.29, 0.717) is 5.92 Å².